The number of halogens is 3. The zero-order valence-corrected chi connectivity index (χ0v) is 12.5. The van der Waals surface area contributed by atoms with Crippen molar-refractivity contribution >= 4 is 27.5 Å². The molecule has 0 fully saturated rings. The molecule has 2 amide bonds. The molecule has 1 aromatic carbocycles. The Labute approximate surface area is 129 Å². The third-order valence-electron chi connectivity index (χ3n) is 2.54. The molecule has 23 heavy (non-hydrogen) atoms. The van der Waals surface area contributed by atoms with Crippen LogP contribution in [0.15, 0.2) is 24.3 Å². The minimum atomic E-state index is -4.52. The number of carboxylic acids is 1. The van der Waals surface area contributed by atoms with Gasteiger partial charge < -0.3 is 15.7 Å². The molecule has 0 radical (unpaired) electrons. The maximum atomic E-state index is 12.4. The first kappa shape index (κ1) is 18.7. The van der Waals surface area contributed by atoms with Crippen LogP contribution >= 0.6 is 0 Å². The van der Waals surface area contributed by atoms with Gasteiger partial charge in [-0.05, 0) is 24.3 Å². The monoisotopic (exact) mass is 354 g/mol. The maximum Gasteiger partial charge on any atom is 0.416 e. The second kappa shape index (κ2) is 6.86. The highest BCUT2D eigenvalue weighted by molar-refractivity contribution is 7.90. The number of amides is 2. The Morgan fingerprint density at radius 2 is 1.74 bits per heavy atom. The maximum absolute atomic E-state index is 12.4. The summed E-state index contributed by atoms with van der Waals surface area (Å²) in [6.07, 6.45) is -3.72. The lowest BCUT2D eigenvalue weighted by Gasteiger charge is -2.14. The highest BCUT2D eigenvalue weighted by atomic mass is 32.2. The summed E-state index contributed by atoms with van der Waals surface area (Å²) in [7, 11) is -3.66. The Balaban J connectivity index is 2.73. The number of carbonyl (C=O) groups is 2. The van der Waals surface area contributed by atoms with Crippen LogP contribution in [0.5, 0.6) is 0 Å². The molecule has 0 aliphatic rings. The van der Waals surface area contributed by atoms with E-state index in [0.29, 0.717) is 0 Å². The van der Waals surface area contributed by atoms with Gasteiger partial charge in [-0.2, -0.15) is 13.2 Å². The Morgan fingerprint density at radius 3 is 2.13 bits per heavy atom. The van der Waals surface area contributed by atoms with E-state index >= 15 is 0 Å². The number of alkyl halides is 3. The quantitative estimate of drug-likeness (QED) is 0.738. The molecule has 0 heterocycles. The smallest absolute Gasteiger partial charge is 0.416 e. The van der Waals surface area contributed by atoms with Gasteiger partial charge >= 0.3 is 18.2 Å². The minimum absolute atomic E-state index is 0.0148. The topological polar surface area (TPSA) is 113 Å². The van der Waals surface area contributed by atoms with Gasteiger partial charge in [0.05, 0.1) is 11.3 Å². The molecule has 1 atom stereocenters. The van der Waals surface area contributed by atoms with E-state index in [-0.39, 0.29) is 5.69 Å². The molecule has 1 unspecified atom stereocenters. The molecular formula is C12H13F3N2O5S. The summed E-state index contributed by atoms with van der Waals surface area (Å²) >= 11 is 0. The summed E-state index contributed by atoms with van der Waals surface area (Å²) in [6, 6.07) is 0.700. The normalized spacial score (nSPS) is 13.2. The number of hydrogen-bond donors (Lipinski definition) is 3. The molecule has 0 saturated heterocycles. The van der Waals surface area contributed by atoms with Crippen LogP contribution in [0.4, 0.5) is 23.7 Å². The molecule has 0 spiro atoms. The zero-order valence-electron chi connectivity index (χ0n) is 11.7. The van der Waals surface area contributed by atoms with E-state index in [2.05, 4.69) is 5.32 Å². The van der Waals surface area contributed by atoms with E-state index in [1.807, 2.05) is 5.32 Å². The number of urea groups is 1. The number of hydrogen-bond acceptors (Lipinski definition) is 4. The fourth-order valence-corrected chi connectivity index (χ4v) is 2.38. The minimum Gasteiger partial charge on any atom is -0.480 e. The highest BCUT2D eigenvalue weighted by Crippen LogP contribution is 2.29. The number of carboxylic acid groups (broad SMARTS) is 1. The van der Waals surface area contributed by atoms with Crippen LogP contribution < -0.4 is 10.6 Å². The predicted molar refractivity (Wildman–Crippen MR) is 74.7 cm³/mol. The van der Waals surface area contributed by atoms with Crippen molar-refractivity contribution in [3.05, 3.63) is 29.8 Å². The number of carbonyl (C=O) groups excluding carboxylic acids is 1. The van der Waals surface area contributed by atoms with Crippen molar-refractivity contribution in [2.24, 2.45) is 0 Å². The summed E-state index contributed by atoms with van der Waals surface area (Å²) in [5.74, 6) is -2.37. The lowest BCUT2D eigenvalue weighted by atomic mass is 10.2. The third-order valence-corrected chi connectivity index (χ3v) is 3.48. The SMILES string of the molecule is CS(=O)(=O)CC(NC(=O)Nc1ccc(C(F)(F)F)cc1)C(=O)O. The van der Waals surface area contributed by atoms with Gasteiger partial charge in [0.1, 0.15) is 15.9 Å². The Morgan fingerprint density at radius 1 is 1.22 bits per heavy atom. The summed E-state index contributed by atoms with van der Waals surface area (Å²) < 4.78 is 59.3. The molecule has 128 valence electrons. The van der Waals surface area contributed by atoms with Crippen LogP contribution in [0.2, 0.25) is 0 Å². The first-order valence-corrected chi connectivity index (χ1v) is 8.10. The summed E-state index contributed by atoms with van der Waals surface area (Å²) in [5.41, 5.74) is -0.928. The van der Waals surface area contributed by atoms with Gasteiger partial charge in [0, 0.05) is 11.9 Å². The molecule has 0 aromatic heterocycles. The summed E-state index contributed by atoms with van der Waals surface area (Å²) in [6.45, 7) is 0. The second-order valence-corrected chi connectivity index (χ2v) is 6.84. The summed E-state index contributed by atoms with van der Waals surface area (Å²) in [5, 5.41) is 12.9. The van der Waals surface area contributed by atoms with Gasteiger partial charge in [0.15, 0.2) is 0 Å². The first-order chi connectivity index (χ1) is 10.4. The van der Waals surface area contributed by atoms with Crippen molar-refractivity contribution in [1.29, 1.82) is 0 Å². The zero-order chi connectivity index (χ0) is 17.8. The number of aliphatic carboxylic acids is 1. The predicted octanol–water partition coefficient (Wildman–Crippen LogP) is 1.32. The van der Waals surface area contributed by atoms with E-state index in [1.54, 1.807) is 0 Å². The largest absolute Gasteiger partial charge is 0.480 e. The fourth-order valence-electron chi connectivity index (χ4n) is 1.55. The van der Waals surface area contributed by atoms with Crippen LogP contribution in [0.25, 0.3) is 0 Å². The van der Waals surface area contributed by atoms with E-state index < -0.39 is 45.4 Å². The number of benzene rings is 1. The van der Waals surface area contributed by atoms with E-state index in [4.69, 9.17) is 5.11 Å². The van der Waals surface area contributed by atoms with Crippen molar-refractivity contribution in [2.75, 3.05) is 17.3 Å². The van der Waals surface area contributed by atoms with E-state index in [9.17, 15) is 31.2 Å². The summed E-state index contributed by atoms with van der Waals surface area (Å²) in [4.78, 5) is 22.5. The molecule has 1 aromatic rings. The van der Waals surface area contributed by atoms with Gasteiger partial charge in [-0.3, -0.25) is 0 Å². The molecule has 0 aliphatic carbocycles. The Hall–Kier alpha value is -2.30. The van der Waals surface area contributed by atoms with Crippen LogP contribution in [0, 0.1) is 0 Å². The first-order valence-electron chi connectivity index (χ1n) is 6.04. The number of rotatable bonds is 5. The number of nitrogens with one attached hydrogen (secondary N) is 2. The second-order valence-electron chi connectivity index (χ2n) is 4.66. The highest BCUT2D eigenvalue weighted by Gasteiger charge is 2.30. The molecule has 11 heteroatoms. The average molecular weight is 354 g/mol. The number of sulfone groups is 1. The molecular weight excluding hydrogens is 341 g/mol. The lowest BCUT2D eigenvalue weighted by molar-refractivity contribution is -0.139. The fraction of sp³-hybridized carbons (Fsp3) is 0.333. The average Bonchev–Trinajstić information content (AvgIpc) is 2.35. The van der Waals surface area contributed by atoms with Gasteiger partial charge in [0.25, 0.3) is 0 Å². The van der Waals surface area contributed by atoms with Crippen molar-refractivity contribution < 1.29 is 36.3 Å². The van der Waals surface area contributed by atoms with Crippen molar-refractivity contribution in [1.82, 2.24) is 5.32 Å². The van der Waals surface area contributed by atoms with Crippen LogP contribution in [-0.2, 0) is 20.8 Å². The van der Waals surface area contributed by atoms with Gasteiger partial charge in [-0.25, -0.2) is 18.0 Å². The van der Waals surface area contributed by atoms with Gasteiger partial charge in [0.2, 0.25) is 0 Å². The third kappa shape index (κ3) is 6.55. The van der Waals surface area contributed by atoms with Crippen LogP contribution in [0.1, 0.15) is 5.56 Å². The Kier molecular flexibility index (Phi) is 5.59. The molecule has 0 saturated carbocycles. The standard InChI is InChI=1S/C12H13F3N2O5S/c1-23(21,22)6-9(10(18)19)17-11(20)16-8-4-2-7(3-5-8)12(13,14)15/h2-5,9H,6H2,1H3,(H,18,19)(H2,16,17,20). The van der Waals surface area contributed by atoms with Crippen molar-refractivity contribution in [2.45, 2.75) is 12.2 Å². The number of anilines is 1. The molecule has 0 aliphatic heterocycles. The Bertz CT molecular complexity index is 686. The lowest BCUT2D eigenvalue weighted by Crippen LogP contribution is -2.46. The van der Waals surface area contributed by atoms with Gasteiger partial charge in [-0.1, -0.05) is 0 Å². The molecule has 3 N–H and O–H groups in total. The van der Waals surface area contributed by atoms with E-state index in [0.717, 1.165) is 30.5 Å². The van der Waals surface area contributed by atoms with Crippen LogP contribution in [0.3, 0.4) is 0 Å². The molecule has 0 bridgehead atoms. The van der Waals surface area contributed by atoms with E-state index in [1.165, 1.54) is 0 Å². The van der Waals surface area contributed by atoms with Crippen LogP contribution in [-0.4, -0.2) is 43.6 Å². The van der Waals surface area contributed by atoms with Crippen molar-refractivity contribution in [3.63, 3.8) is 0 Å². The van der Waals surface area contributed by atoms with Gasteiger partial charge in [-0.15, -0.1) is 0 Å². The molecule has 7 nitrogen and oxygen atoms in total. The molecule has 1 rings (SSSR count). The van der Waals surface area contributed by atoms with Crippen molar-refractivity contribution in [3.8, 4) is 0 Å².